The van der Waals surface area contributed by atoms with Gasteiger partial charge < -0.3 is 35.1 Å². The van der Waals surface area contributed by atoms with Gasteiger partial charge in [0.1, 0.15) is 36.0 Å². The molecule has 9 rings (SSSR count). The first-order chi connectivity index (χ1) is 33.5. The van der Waals surface area contributed by atoms with Crippen LogP contribution in [0.25, 0.3) is 10.2 Å². The van der Waals surface area contributed by atoms with Crippen molar-refractivity contribution >= 4 is 62.2 Å². The van der Waals surface area contributed by atoms with Crippen LogP contribution in [0.5, 0.6) is 5.75 Å². The lowest BCUT2D eigenvalue weighted by atomic mass is 9.65. The number of nitrogens with one attached hydrogen (secondary N) is 2. The van der Waals surface area contributed by atoms with E-state index >= 15 is 19.2 Å². The molecule has 0 unspecified atom stereocenters. The van der Waals surface area contributed by atoms with E-state index in [0.717, 1.165) is 9.60 Å². The van der Waals surface area contributed by atoms with Crippen LogP contribution >= 0.6 is 11.3 Å². The first-order valence-electron chi connectivity index (χ1n) is 22.6. The summed E-state index contributed by atoms with van der Waals surface area (Å²) in [5.41, 5.74) is 0.897. The van der Waals surface area contributed by atoms with Crippen LogP contribution in [-0.2, 0) is 34.1 Å². The van der Waals surface area contributed by atoms with Crippen molar-refractivity contribution in [2.45, 2.75) is 56.0 Å². The van der Waals surface area contributed by atoms with Gasteiger partial charge in [-0.15, -0.1) is 0 Å². The second-order valence-electron chi connectivity index (χ2n) is 17.2. The van der Waals surface area contributed by atoms with E-state index < -0.39 is 77.3 Å². The minimum absolute atomic E-state index is 0.0589. The summed E-state index contributed by atoms with van der Waals surface area (Å²) in [5, 5.41) is 25.4. The molecule has 15 nitrogen and oxygen atoms in total. The van der Waals surface area contributed by atoms with Gasteiger partial charge >= 0.3 is 18.0 Å². The molecule has 7 atom stereocenters. The molecule has 0 saturated carbocycles. The summed E-state index contributed by atoms with van der Waals surface area (Å²) in [5.74, 6) is 1.05. The average molecular weight is 948 g/mol. The Balaban J connectivity index is 1.37. The van der Waals surface area contributed by atoms with Crippen LogP contribution in [0.2, 0.25) is 0 Å². The standard InChI is InChI=1S/C53H49N5O10S/c1-31(2)42(48(62)66-3)55-52(65)57-39-25-24-32(15-12-13-26-59)29-37(39)53(50(57)64)41(47(61)56-51-54-38-22-10-11-23-40(38)69-51)44-49(63)68-45(34-18-8-5-9-19-34)43(33-16-6-4-7-17-33)58(44)46(53)35-20-14-21-36(30-35)67-28-27-60/h4-11,14,16-25,29-31,41-46,59-60H,13,26-28H2,1-3H3,(H,55,65)(H,54,56,61)/t41-,42-,43-,44-,45+,46+,53-/m0/s1. The number of fused-ring (bicyclic) bond motifs is 4. The predicted octanol–water partition coefficient (Wildman–Crippen LogP) is 6.61. The first kappa shape index (κ1) is 46.7. The van der Waals surface area contributed by atoms with Gasteiger partial charge in [-0.25, -0.2) is 19.5 Å². The van der Waals surface area contributed by atoms with Gasteiger partial charge in [0, 0.05) is 12.0 Å². The highest BCUT2D eigenvalue weighted by Crippen LogP contribution is 2.66. The Bertz CT molecular complexity index is 2960. The molecule has 5 aromatic carbocycles. The number of aromatic nitrogens is 1. The van der Waals surface area contributed by atoms with Crippen molar-refractivity contribution < 1.29 is 48.4 Å². The fourth-order valence-corrected chi connectivity index (χ4v) is 10.9. The van der Waals surface area contributed by atoms with Crippen molar-refractivity contribution in [2.75, 3.05) is 37.1 Å². The number of anilines is 2. The number of hydrogen-bond donors (Lipinski definition) is 4. The molecule has 4 heterocycles. The summed E-state index contributed by atoms with van der Waals surface area (Å²) >= 11 is 1.22. The van der Waals surface area contributed by atoms with E-state index in [2.05, 4.69) is 22.5 Å². The molecule has 1 spiro atoms. The van der Waals surface area contributed by atoms with Crippen molar-refractivity contribution in [1.82, 2.24) is 15.2 Å². The molecule has 3 aliphatic heterocycles. The molecule has 6 aromatic rings. The van der Waals surface area contributed by atoms with Crippen LogP contribution in [0.3, 0.4) is 0 Å². The van der Waals surface area contributed by atoms with Crippen molar-refractivity contribution in [2.24, 2.45) is 11.8 Å². The zero-order chi connectivity index (χ0) is 48.4. The lowest BCUT2D eigenvalue weighted by molar-refractivity contribution is -0.177. The van der Waals surface area contributed by atoms with Crippen LogP contribution < -0.4 is 20.3 Å². The largest absolute Gasteiger partial charge is 0.491 e. The number of thiazole rings is 1. The van der Waals surface area contributed by atoms with Crippen LogP contribution in [0.4, 0.5) is 15.6 Å². The highest BCUT2D eigenvalue weighted by molar-refractivity contribution is 7.22. The predicted molar refractivity (Wildman–Crippen MR) is 257 cm³/mol. The van der Waals surface area contributed by atoms with E-state index in [1.165, 1.54) is 18.4 Å². The van der Waals surface area contributed by atoms with Gasteiger partial charge in [0.2, 0.25) is 11.8 Å². The minimum atomic E-state index is -2.17. The van der Waals surface area contributed by atoms with Crippen molar-refractivity contribution in [1.29, 1.82) is 0 Å². The summed E-state index contributed by atoms with van der Waals surface area (Å²) in [6, 6.07) is 31.9. The summed E-state index contributed by atoms with van der Waals surface area (Å²) in [6.45, 7) is 2.88. The number of imide groups is 1. The molecule has 2 fully saturated rings. The number of methoxy groups -OCH3 is 1. The summed E-state index contributed by atoms with van der Waals surface area (Å²) in [6.07, 6.45) is -0.841. The molecular weight excluding hydrogens is 899 g/mol. The Morgan fingerprint density at radius 1 is 0.855 bits per heavy atom. The number of aliphatic hydroxyl groups excluding tert-OH is 2. The number of urea groups is 1. The molecule has 0 aliphatic carbocycles. The highest BCUT2D eigenvalue weighted by atomic mass is 32.1. The van der Waals surface area contributed by atoms with Gasteiger partial charge in [0.25, 0.3) is 0 Å². The van der Waals surface area contributed by atoms with Crippen LogP contribution in [-0.4, -0.2) is 88.9 Å². The monoisotopic (exact) mass is 947 g/mol. The Labute approximate surface area is 402 Å². The number of para-hydroxylation sites is 1. The lowest BCUT2D eigenvalue weighted by Gasteiger charge is -2.46. The number of carbonyl (C=O) groups excluding carboxylic acids is 5. The summed E-state index contributed by atoms with van der Waals surface area (Å²) in [7, 11) is 1.20. The zero-order valence-electron chi connectivity index (χ0n) is 37.9. The third-order valence-corrected chi connectivity index (χ3v) is 13.8. The number of aliphatic hydroxyl groups is 2. The van der Waals surface area contributed by atoms with Crippen molar-refractivity contribution in [3.8, 4) is 17.6 Å². The quantitative estimate of drug-likeness (QED) is 0.0758. The highest BCUT2D eigenvalue weighted by Gasteiger charge is 2.75. The zero-order valence-corrected chi connectivity index (χ0v) is 38.7. The van der Waals surface area contributed by atoms with Crippen LogP contribution in [0, 0.1) is 23.7 Å². The molecule has 4 N–H and O–H groups in total. The molecule has 3 aliphatic rings. The molecule has 1 aromatic heterocycles. The van der Waals surface area contributed by atoms with E-state index in [1.807, 2.05) is 83.8 Å². The third-order valence-electron chi connectivity index (χ3n) is 12.9. The smallest absolute Gasteiger partial charge is 0.329 e. The maximum absolute atomic E-state index is 16.6. The van der Waals surface area contributed by atoms with E-state index in [-0.39, 0.29) is 42.6 Å². The number of amides is 4. The lowest BCUT2D eigenvalue weighted by Crippen LogP contribution is -2.57. The number of rotatable bonds is 12. The Morgan fingerprint density at radius 3 is 2.26 bits per heavy atom. The maximum atomic E-state index is 16.6. The fraction of sp³-hybridized carbons (Fsp3) is 0.283. The number of carbonyl (C=O) groups is 5. The van der Waals surface area contributed by atoms with Crippen LogP contribution in [0.15, 0.2) is 127 Å². The summed E-state index contributed by atoms with van der Waals surface area (Å²) in [4.78, 5) is 83.8. The van der Waals surface area contributed by atoms with Gasteiger partial charge in [-0.05, 0) is 70.6 Å². The SMILES string of the molecule is COC(=O)[C@@H](NC(=O)N1C(=O)[C@@]2(c3cc(C#CCCO)ccc31)[C@H](C(=O)Nc1nc3ccccc3s1)[C@H]1C(=O)O[C@H](c3ccccc3)[C@H](c3ccccc3)N1[C@@H]2c1cccc(OCCO)c1)C(C)C. The van der Waals surface area contributed by atoms with E-state index in [0.29, 0.717) is 33.5 Å². The van der Waals surface area contributed by atoms with Gasteiger partial charge in [-0.2, -0.15) is 0 Å². The first-order valence-corrected chi connectivity index (χ1v) is 23.4. The molecule has 16 heteroatoms. The molecule has 0 radical (unpaired) electrons. The number of hydrogen-bond acceptors (Lipinski definition) is 13. The second-order valence-corrected chi connectivity index (χ2v) is 18.3. The third kappa shape index (κ3) is 8.37. The van der Waals surface area contributed by atoms with E-state index in [4.69, 9.17) is 19.2 Å². The average Bonchev–Trinajstić information content (AvgIpc) is 4.00. The van der Waals surface area contributed by atoms with Crippen molar-refractivity contribution in [3.63, 3.8) is 0 Å². The minimum Gasteiger partial charge on any atom is -0.491 e. The number of esters is 2. The van der Waals surface area contributed by atoms with Gasteiger partial charge in [-0.3, -0.25) is 19.3 Å². The topological polar surface area (TPSA) is 197 Å². The second kappa shape index (κ2) is 19.7. The number of morpholine rings is 1. The van der Waals surface area contributed by atoms with Gasteiger partial charge in [-0.1, -0.05) is 122 Å². The Morgan fingerprint density at radius 2 is 1.57 bits per heavy atom. The fourth-order valence-electron chi connectivity index (χ4n) is 10.1. The number of nitrogens with zero attached hydrogens (tertiary/aromatic N) is 3. The molecule has 0 bridgehead atoms. The van der Waals surface area contributed by atoms with Crippen LogP contribution in [0.1, 0.15) is 66.3 Å². The summed E-state index contributed by atoms with van der Waals surface area (Å²) < 4.78 is 18.4. The molecule has 69 heavy (non-hydrogen) atoms. The van der Waals surface area contributed by atoms with E-state index in [1.54, 1.807) is 62.4 Å². The number of ether oxygens (including phenoxy) is 3. The molecule has 352 valence electrons. The number of benzene rings is 5. The molecule has 2 saturated heterocycles. The van der Waals surface area contributed by atoms with E-state index in [9.17, 15) is 15.0 Å². The molecule has 4 amide bonds. The van der Waals surface area contributed by atoms with Gasteiger partial charge in [0.15, 0.2) is 5.13 Å². The Kier molecular flexibility index (Phi) is 13.3. The Hall–Kier alpha value is -7.42. The number of cyclic esters (lactones) is 1. The maximum Gasteiger partial charge on any atom is 0.329 e. The molecular formula is C53H49N5O10S. The normalized spacial score (nSPS) is 22.1. The van der Waals surface area contributed by atoms with Gasteiger partial charge in [0.05, 0.1) is 54.2 Å². The van der Waals surface area contributed by atoms with Crippen molar-refractivity contribution in [3.05, 3.63) is 155 Å².